The highest BCUT2D eigenvalue weighted by Gasteiger charge is 2.29. The molecule has 1 aromatic rings. The number of carbonyl (C=O) groups is 1. The summed E-state index contributed by atoms with van der Waals surface area (Å²) >= 11 is 1.37. The van der Waals surface area contributed by atoms with E-state index in [4.69, 9.17) is 0 Å². The summed E-state index contributed by atoms with van der Waals surface area (Å²) in [6.45, 7) is 0.910. The van der Waals surface area contributed by atoms with Gasteiger partial charge in [-0.15, -0.1) is 10.2 Å². The Hall–Kier alpha value is -1.09. The second-order valence-corrected chi connectivity index (χ2v) is 8.99. The van der Waals surface area contributed by atoms with E-state index < -0.39 is 9.84 Å². The third-order valence-corrected chi connectivity index (χ3v) is 6.74. The van der Waals surface area contributed by atoms with Crippen molar-refractivity contribution in [1.29, 1.82) is 0 Å². The van der Waals surface area contributed by atoms with Crippen molar-refractivity contribution in [2.24, 2.45) is 0 Å². The van der Waals surface area contributed by atoms with E-state index in [1.54, 1.807) is 0 Å². The van der Waals surface area contributed by atoms with Gasteiger partial charge in [-0.3, -0.25) is 4.79 Å². The molecule has 0 bridgehead atoms. The van der Waals surface area contributed by atoms with Crippen LogP contribution in [0.1, 0.15) is 31.5 Å². The van der Waals surface area contributed by atoms with Crippen LogP contribution in [0.25, 0.3) is 0 Å². The molecule has 0 spiro atoms. The van der Waals surface area contributed by atoms with Gasteiger partial charge < -0.3 is 9.88 Å². The monoisotopic (exact) mass is 344 g/mol. The fraction of sp³-hybridized carbons (Fsp3) is 0.769. The van der Waals surface area contributed by atoms with E-state index in [2.05, 4.69) is 20.1 Å². The average molecular weight is 344 g/mol. The second-order valence-electron chi connectivity index (χ2n) is 5.82. The molecule has 1 amide bonds. The van der Waals surface area contributed by atoms with Crippen molar-refractivity contribution in [3.8, 4) is 0 Å². The average Bonchev–Trinajstić information content (AvgIpc) is 2.91. The fourth-order valence-electron chi connectivity index (χ4n) is 2.87. The summed E-state index contributed by atoms with van der Waals surface area (Å²) in [6.07, 6.45) is 4.91. The quantitative estimate of drug-likeness (QED) is 0.795. The van der Waals surface area contributed by atoms with Crippen LogP contribution in [-0.2, 0) is 27.6 Å². The standard InChI is InChI=1S/C13H20N4O3S2/c18-12(14-10-5-7-22(19,20)9-10)8-21-13-16-15-11-4-2-1-3-6-17(11)13/h10H,1-9H2,(H,14,18)/t10-/m0/s1. The first kappa shape index (κ1) is 15.8. The number of sulfone groups is 1. The summed E-state index contributed by atoms with van der Waals surface area (Å²) in [4.78, 5) is 12.0. The molecule has 1 saturated heterocycles. The highest BCUT2D eigenvalue weighted by atomic mass is 32.2. The van der Waals surface area contributed by atoms with Gasteiger partial charge in [-0.05, 0) is 19.3 Å². The van der Waals surface area contributed by atoms with Crippen molar-refractivity contribution in [2.45, 2.75) is 49.8 Å². The van der Waals surface area contributed by atoms with Gasteiger partial charge >= 0.3 is 0 Å². The van der Waals surface area contributed by atoms with Crippen molar-refractivity contribution in [1.82, 2.24) is 20.1 Å². The van der Waals surface area contributed by atoms with Crippen LogP contribution in [0.2, 0.25) is 0 Å². The molecule has 1 atom stereocenters. The van der Waals surface area contributed by atoms with Crippen molar-refractivity contribution in [3.05, 3.63) is 5.82 Å². The molecule has 22 heavy (non-hydrogen) atoms. The van der Waals surface area contributed by atoms with Gasteiger partial charge in [0.1, 0.15) is 5.82 Å². The van der Waals surface area contributed by atoms with Crippen LogP contribution in [0.3, 0.4) is 0 Å². The number of hydrogen-bond acceptors (Lipinski definition) is 6. The lowest BCUT2D eigenvalue weighted by molar-refractivity contribution is -0.119. The van der Waals surface area contributed by atoms with Crippen molar-refractivity contribution < 1.29 is 13.2 Å². The fourth-order valence-corrected chi connectivity index (χ4v) is 5.34. The van der Waals surface area contributed by atoms with Gasteiger partial charge in [0.25, 0.3) is 0 Å². The number of nitrogens with one attached hydrogen (secondary N) is 1. The number of fused-ring (bicyclic) bond motifs is 1. The number of carbonyl (C=O) groups excluding carboxylic acids is 1. The highest BCUT2D eigenvalue weighted by molar-refractivity contribution is 7.99. The summed E-state index contributed by atoms with van der Waals surface area (Å²) in [5.74, 6) is 1.33. The number of aryl methyl sites for hydroxylation is 1. The maximum atomic E-state index is 12.0. The Morgan fingerprint density at radius 3 is 2.95 bits per heavy atom. The lowest BCUT2D eigenvalue weighted by atomic mass is 10.2. The lowest BCUT2D eigenvalue weighted by Crippen LogP contribution is -2.36. The van der Waals surface area contributed by atoms with Crippen molar-refractivity contribution in [3.63, 3.8) is 0 Å². The normalized spacial score (nSPS) is 23.7. The number of hydrogen-bond donors (Lipinski definition) is 1. The van der Waals surface area contributed by atoms with E-state index in [1.165, 1.54) is 18.2 Å². The zero-order chi connectivity index (χ0) is 15.6. The molecule has 1 fully saturated rings. The van der Waals surface area contributed by atoms with Crippen LogP contribution in [0.15, 0.2) is 5.16 Å². The van der Waals surface area contributed by atoms with Gasteiger partial charge in [-0.1, -0.05) is 18.2 Å². The van der Waals surface area contributed by atoms with Crippen molar-refractivity contribution in [2.75, 3.05) is 17.3 Å². The maximum absolute atomic E-state index is 12.0. The minimum Gasteiger partial charge on any atom is -0.352 e. The summed E-state index contributed by atoms with van der Waals surface area (Å²) < 4.78 is 24.9. The maximum Gasteiger partial charge on any atom is 0.230 e. The third kappa shape index (κ3) is 3.81. The van der Waals surface area contributed by atoms with Crippen LogP contribution in [-0.4, -0.2) is 52.4 Å². The van der Waals surface area contributed by atoms with Gasteiger partial charge in [0.05, 0.1) is 17.3 Å². The van der Waals surface area contributed by atoms with Gasteiger partial charge in [0, 0.05) is 19.0 Å². The van der Waals surface area contributed by atoms with Crippen LogP contribution >= 0.6 is 11.8 Å². The molecule has 9 heteroatoms. The molecule has 1 N–H and O–H groups in total. The van der Waals surface area contributed by atoms with Gasteiger partial charge in [0.2, 0.25) is 5.91 Å². The number of rotatable bonds is 4. The Kier molecular flexibility index (Phi) is 4.72. The summed E-state index contributed by atoms with van der Waals surface area (Å²) in [6, 6.07) is -0.242. The molecule has 2 aliphatic rings. The predicted octanol–water partition coefficient (Wildman–Crippen LogP) is 0.400. The Morgan fingerprint density at radius 2 is 2.18 bits per heavy atom. The minimum absolute atomic E-state index is 0.0593. The van der Waals surface area contributed by atoms with E-state index in [9.17, 15) is 13.2 Å². The number of nitrogens with zero attached hydrogens (tertiary/aromatic N) is 3. The van der Waals surface area contributed by atoms with Crippen LogP contribution in [0, 0.1) is 0 Å². The SMILES string of the molecule is O=C(CSc1nnc2n1CCCCC2)N[C@H]1CCS(=O)(=O)C1. The first-order valence-corrected chi connectivity index (χ1v) is 10.4. The van der Waals surface area contributed by atoms with Crippen LogP contribution < -0.4 is 5.32 Å². The molecule has 3 heterocycles. The van der Waals surface area contributed by atoms with E-state index in [0.29, 0.717) is 6.42 Å². The van der Waals surface area contributed by atoms with E-state index in [-0.39, 0.29) is 29.2 Å². The first-order valence-electron chi connectivity index (χ1n) is 7.58. The van der Waals surface area contributed by atoms with Gasteiger partial charge in [0.15, 0.2) is 15.0 Å². The lowest BCUT2D eigenvalue weighted by Gasteiger charge is -2.10. The smallest absolute Gasteiger partial charge is 0.230 e. The van der Waals surface area contributed by atoms with Gasteiger partial charge in [-0.25, -0.2) is 8.42 Å². The molecular weight excluding hydrogens is 324 g/mol. The van der Waals surface area contributed by atoms with Crippen molar-refractivity contribution >= 4 is 27.5 Å². The zero-order valence-electron chi connectivity index (χ0n) is 12.3. The Labute approximate surface area is 134 Å². The summed E-state index contributed by atoms with van der Waals surface area (Å²) in [5.41, 5.74) is 0. The van der Waals surface area contributed by atoms with E-state index in [0.717, 1.165) is 36.8 Å². The molecule has 0 unspecified atom stereocenters. The second kappa shape index (κ2) is 6.57. The van der Waals surface area contributed by atoms with E-state index in [1.807, 2.05) is 0 Å². The largest absolute Gasteiger partial charge is 0.352 e. The molecule has 0 radical (unpaired) electrons. The molecule has 2 aliphatic heterocycles. The predicted molar refractivity (Wildman–Crippen MR) is 83.5 cm³/mol. The van der Waals surface area contributed by atoms with Crippen LogP contribution in [0.5, 0.6) is 0 Å². The summed E-state index contributed by atoms with van der Waals surface area (Å²) in [5, 5.41) is 11.9. The molecule has 0 aliphatic carbocycles. The molecule has 1 aromatic heterocycles. The Morgan fingerprint density at radius 1 is 1.32 bits per heavy atom. The first-order chi connectivity index (χ1) is 10.5. The molecule has 7 nitrogen and oxygen atoms in total. The van der Waals surface area contributed by atoms with Gasteiger partial charge in [-0.2, -0.15) is 0 Å². The Balaban J connectivity index is 1.52. The zero-order valence-corrected chi connectivity index (χ0v) is 14.0. The number of amides is 1. The minimum atomic E-state index is -2.96. The number of thioether (sulfide) groups is 1. The third-order valence-electron chi connectivity index (χ3n) is 4.01. The topological polar surface area (TPSA) is 93.9 Å². The summed E-state index contributed by atoms with van der Waals surface area (Å²) in [7, 11) is -2.96. The molecular formula is C13H20N4O3S2. The molecule has 0 aromatic carbocycles. The van der Waals surface area contributed by atoms with E-state index >= 15 is 0 Å². The molecule has 0 saturated carbocycles. The number of aromatic nitrogens is 3. The molecule has 122 valence electrons. The molecule has 3 rings (SSSR count). The van der Waals surface area contributed by atoms with Crippen LogP contribution in [0.4, 0.5) is 0 Å². The highest BCUT2D eigenvalue weighted by Crippen LogP contribution is 2.21. The Bertz CT molecular complexity index is 656.